The summed E-state index contributed by atoms with van der Waals surface area (Å²) in [6, 6.07) is 85.4. The average Bonchev–Trinajstić information content (AvgIpc) is 4.14. The molecule has 0 radical (unpaired) electrons. The van der Waals surface area contributed by atoms with Gasteiger partial charge in [0.1, 0.15) is 16.0 Å². The highest BCUT2D eigenvalue weighted by Crippen LogP contribution is 2.46. The van der Waals surface area contributed by atoms with Gasteiger partial charge in [0.2, 0.25) is 0 Å². The molecule has 10 aromatic carbocycles. The van der Waals surface area contributed by atoms with E-state index in [4.69, 9.17) is 4.42 Å². The van der Waals surface area contributed by atoms with Crippen LogP contribution in [0, 0.1) is 0 Å². The molecule has 0 fully saturated rings. The number of hydrogen-bond acceptors (Lipinski definition) is 3. The van der Waals surface area contributed by atoms with Crippen molar-refractivity contribution in [1.29, 1.82) is 0 Å². The van der Waals surface area contributed by atoms with Gasteiger partial charge >= 0.3 is 0 Å². The molecule has 0 bridgehead atoms. The predicted molar refractivity (Wildman–Crippen MR) is 283 cm³/mol. The highest BCUT2D eigenvalue weighted by molar-refractivity contribution is 7.25. The summed E-state index contributed by atoms with van der Waals surface area (Å²) in [6.07, 6.45) is 0. The van der Waals surface area contributed by atoms with Crippen LogP contribution < -0.4 is 4.90 Å². The second kappa shape index (κ2) is 15.0. The molecule has 14 aromatic rings. The number of anilines is 3. The normalized spacial score (nSPS) is 11.9. The van der Waals surface area contributed by atoms with E-state index in [1.54, 1.807) is 0 Å². The standard InChI is InChI=1S/C62H39N3OS/c1-3-14-44(15-4-1)63(46-32-26-40(27-33-46)42-31-37-56-53(38-42)49-18-7-10-22-54(49)64(56)45-16-5-2-6-17-45)47-34-28-41(29-35-47)48-21-13-24-57-61(48)67-62-60(52-20-8-11-23-55(52)65(57)62)43-30-36-51-50-19-9-12-25-58(50)66-59(51)39-43/h1-39H. The van der Waals surface area contributed by atoms with Crippen molar-refractivity contribution in [1.82, 2.24) is 8.97 Å². The molecular weight excluding hydrogens is 835 g/mol. The van der Waals surface area contributed by atoms with Crippen LogP contribution in [-0.2, 0) is 0 Å². The first-order valence-electron chi connectivity index (χ1n) is 22.7. The van der Waals surface area contributed by atoms with Crippen molar-refractivity contribution in [3.8, 4) is 39.1 Å². The lowest BCUT2D eigenvalue weighted by Gasteiger charge is -2.26. The number of para-hydroxylation sites is 5. The molecule has 0 aliphatic heterocycles. The van der Waals surface area contributed by atoms with E-state index in [1.165, 1.54) is 81.3 Å². The average molecular weight is 874 g/mol. The molecule has 0 saturated carbocycles. The molecule has 0 unspecified atom stereocenters. The molecule has 67 heavy (non-hydrogen) atoms. The van der Waals surface area contributed by atoms with Crippen molar-refractivity contribution in [2.45, 2.75) is 0 Å². The summed E-state index contributed by atoms with van der Waals surface area (Å²) in [5, 5.41) is 6.03. The van der Waals surface area contributed by atoms with Crippen LogP contribution in [0.2, 0.25) is 0 Å². The van der Waals surface area contributed by atoms with E-state index in [-0.39, 0.29) is 0 Å². The maximum Gasteiger partial charge on any atom is 0.136 e. The number of hydrogen-bond donors (Lipinski definition) is 0. The fraction of sp³-hybridized carbons (Fsp3) is 0. The minimum Gasteiger partial charge on any atom is -0.456 e. The summed E-state index contributed by atoms with van der Waals surface area (Å²) >= 11 is 1.87. The van der Waals surface area contributed by atoms with E-state index in [0.717, 1.165) is 44.6 Å². The van der Waals surface area contributed by atoms with E-state index in [9.17, 15) is 0 Å². The summed E-state index contributed by atoms with van der Waals surface area (Å²) in [5.74, 6) is 0. The van der Waals surface area contributed by atoms with Crippen molar-refractivity contribution in [3.63, 3.8) is 0 Å². The van der Waals surface area contributed by atoms with Gasteiger partial charge in [0.15, 0.2) is 0 Å². The molecule has 0 amide bonds. The van der Waals surface area contributed by atoms with E-state index >= 15 is 0 Å². The van der Waals surface area contributed by atoms with Crippen molar-refractivity contribution in [2.24, 2.45) is 0 Å². The third-order valence-corrected chi connectivity index (χ3v) is 14.7. The largest absolute Gasteiger partial charge is 0.456 e. The molecule has 0 saturated heterocycles. The van der Waals surface area contributed by atoms with E-state index < -0.39 is 0 Å². The fourth-order valence-electron chi connectivity index (χ4n) is 10.5. The van der Waals surface area contributed by atoms with Crippen LogP contribution in [-0.4, -0.2) is 8.97 Å². The van der Waals surface area contributed by atoms with Crippen molar-refractivity contribution in [2.75, 3.05) is 4.90 Å². The Balaban J connectivity index is 0.834. The zero-order chi connectivity index (χ0) is 44.0. The van der Waals surface area contributed by atoms with Gasteiger partial charge in [0, 0.05) is 60.8 Å². The minimum absolute atomic E-state index is 0.908. The minimum atomic E-state index is 0.908. The van der Waals surface area contributed by atoms with Gasteiger partial charge in [0.25, 0.3) is 0 Å². The third-order valence-electron chi connectivity index (χ3n) is 13.5. The van der Waals surface area contributed by atoms with Crippen molar-refractivity contribution >= 4 is 98.1 Å². The molecule has 4 aromatic heterocycles. The Labute approximate surface area is 390 Å². The summed E-state index contributed by atoms with van der Waals surface area (Å²) in [5.41, 5.74) is 18.3. The van der Waals surface area contributed by atoms with Crippen LogP contribution in [0.3, 0.4) is 0 Å². The molecular formula is C62H39N3OS. The first kappa shape index (κ1) is 37.7. The number of nitrogens with zero attached hydrogens (tertiary/aromatic N) is 3. The fourth-order valence-corrected chi connectivity index (χ4v) is 11.8. The van der Waals surface area contributed by atoms with Crippen molar-refractivity contribution < 1.29 is 4.42 Å². The van der Waals surface area contributed by atoms with Crippen LogP contribution in [0.15, 0.2) is 241 Å². The molecule has 0 aliphatic rings. The summed E-state index contributed by atoms with van der Waals surface area (Å²) < 4.78 is 12.5. The highest BCUT2D eigenvalue weighted by Gasteiger charge is 2.22. The molecule has 5 heteroatoms. The smallest absolute Gasteiger partial charge is 0.136 e. The van der Waals surface area contributed by atoms with Gasteiger partial charge in [-0.1, -0.05) is 140 Å². The first-order chi connectivity index (χ1) is 33.2. The third kappa shape index (κ3) is 5.92. The number of fused-ring (bicyclic) bond motifs is 11. The second-order valence-corrected chi connectivity index (χ2v) is 18.3. The summed E-state index contributed by atoms with van der Waals surface area (Å²) in [7, 11) is 0. The molecule has 0 spiro atoms. The Morgan fingerprint density at radius 2 is 0.940 bits per heavy atom. The molecule has 14 rings (SSSR count). The van der Waals surface area contributed by atoms with E-state index in [0.29, 0.717) is 0 Å². The molecule has 0 aliphatic carbocycles. The molecule has 4 nitrogen and oxygen atoms in total. The Morgan fingerprint density at radius 1 is 0.358 bits per heavy atom. The maximum atomic E-state index is 6.39. The Morgan fingerprint density at radius 3 is 1.73 bits per heavy atom. The number of rotatable bonds is 7. The van der Waals surface area contributed by atoms with Crippen LogP contribution >= 0.6 is 11.3 Å². The predicted octanol–water partition coefficient (Wildman–Crippen LogP) is 17.8. The molecule has 314 valence electrons. The van der Waals surface area contributed by atoms with Gasteiger partial charge in [-0.2, -0.15) is 0 Å². The highest BCUT2D eigenvalue weighted by atomic mass is 32.1. The Hall–Kier alpha value is -8.64. The van der Waals surface area contributed by atoms with Gasteiger partial charge in [-0.25, -0.2) is 0 Å². The Bertz CT molecular complexity index is 4200. The van der Waals surface area contributed by atoms with Gasteiger partial charge < -0.3 is 13.9 Å². The van der Waals surface area contributed by atoms with Gasteiger partial charge in [-0.15, -0.1) is 11.3 Å². The lowest BCUT2D eigenvalue weighted by molar-refractivity contribution is 0.669. The summed E-state index contributed by atoms with van der Waals surface area (Å²) in [4.78, 5) is 3.57. The molecule has 0 N–H and O–H groups in total. The summed E-state index contributed by atoms with van der Waals surface area (Å²) in [6.45, 7) is 0. The molecule has 4 heterocycles. The van der Waals surface area contributed by atoms with Crippen LogP contribution in [0.1, 0.15) is 0 Å². The topological polar surface area (TPSA) is 25.7 Å². The zero-order valence-corrected chi connectivity index (χ0v) is 37.0. The first-order valence-corrected chi connectivity index (χ1v) is 23.6. The Kier molecular flexibility index (Phi) is 8.42. The lowest BCUT2D eigenvalue weighted by Crippen LogP contribution is -2.09. The second-order valence-electron chi connectivity index (χ2n) is 17.3. The SMILES string of the molecule is c1ccc(N(c2ccc(-c3ccc4c(c3)c3ccccc3n4-c3ccccc3)cc2)c2ccc(-c3cccc4c3sc3c(-c5ccc6c(c5)oc5ccccc56)c5ccccc5n34)cc2)cc1. The number of furan rings is 1. The van der Waals surface area contributed by atoms with Gasteiger partial charge in [0.05, 0.1) is 26.8 Å². The number of thiazole rings is 1. The number of benzene rings is 10. The quantitative estimate of drug-likeness (QED) is 0.159. The zero-order valence-electron chi connectivity index (χ0n) is 36.2. The maximum absolute atomic E-state index is 6.39. The van der Waals surface area contributed by atoms with Gasteiger partial charge in [-0.3, -0.25) is 4.40 Å². The monoisotopic (exact) mass is 873 g/mol. The number of aromatic nitrogens is 2. The van der Waals surface area contributed by atoms with E-state index in [1.807, 2.05) is 23.5 Å². The van der Waals surface area contributed by atoms with Crippen LogP contribution in [0.4, 0.5) is 17.1 Å². The van der Waals surface area contributed by atoms with E-state index in [2.05, 4.69) is 238 Å². The van der Waals surface area contributed by atoms with Crippen molar-refractivity contribution in [3.05, 3.63) is 237 Å². The van der Waals surface area contributed by atoms with Gasteiger partial charge in [-0.05, 0) is 119 Å². The lowest BCUT2D eigenvalue weighted by atomic mass is 10.0. The van der Waals surface area contributed by atoms with Crippen LogP contribution in [0.5, 0.6) is 0 Å². The van der Waals surface area contributed by atoms with Crippen LogP contribution in [0.25, 0.3) is 109 Å². The molecule has 0 atom stereocenters.